The van der Waals surface area contributed by atoms with Gasteiger partial charge in [-0.25, -0.2) is 9.97 Å². The number of rotatable bonds is 6. The fraction of sp³-hybridized carbons (Fsp3) is 0.250. The molecule has 0 amide bonds. The lowest BCUT2D eigenvalue weighted by atomic mass is 10.1. The second kappa shape index (κ2) is 7.65. The third kappa shape index (κ3) is 4.19. The summed E-state index contributed by atoms with van der Waals surface area (Å²) in [5, 5.41) is 0. The molecular formula is C20H19F2N3O2. The summed E-state index contributed by atoms with van der Waals surface area (Å²) < 4.78 is 37.8. The van der Waals surface area contributed by atoms with Crippen LogP contribution >= 0.6 is 0 Å². The highest BCUT2D eigenvalue weighted by Crippen LogP contribution is 2.36. The third-order valence-electron chi connectivity index (χ3n) is 3.92. The van der Waals surface area contributed by atoms with Crippen molar-refractivity contribution in [3.63, 3.8) is 0 Å². The molecular weight excluding hydrogens is 352 g/mol. The second-order valence-electron chi connectivity index (χ2n) is 5.93. The highest BCUT2D eigenvalue weighted by Gasteiger charge is 2.26. The van der Waals surface area contributed by atoms with Crippen molar-refractivity contribution in [3.8, 4) is 28.6 Å². The predicted octanol–water partition coefficient (Wildman–Crippen LogP) is 5.01. The van der Waals surface area contributed by atoms with Crippen LogP contribution in [0.5, 0.6) is 17.4 Å². The Morgan fingerprint density at radius 1 is 1.07 bits per heavy atom. The molecule has 0 aromatic carbocycles. The molecule has 0 radical (unpaired) electrons. The molecule has 0 aliphatic rings. The van der Waals surface area contributed by atoms with Crippen LogP contribution in [0.2, 0.25) is 0 Å². The van der Waals surface area contributed by atoms with Crippen molar-refractivity contribution in [1.82, 2.24) is 15.0 Å². The minimum atomic E-state index is -3.01. The molecule has 0 bridgehead atoms. The molecule has 0 saturated heterocycles. The number of aromatic nitrogens is 3. The molecule has 3 aromatic heterocycles. The van der Waals surface area contributed by atoms with E-state index >= 15 is 0 Å². The highest BCUT2D eigenvalue weighted by atomic mass is 19.3. The zero-order valence-corrected chi connectivity index (χ0v) is 15.2. The van der Waals surface area contributed by atoms with E-state index < -0.39 is 5.92 Å². The van der Waals surface area contributed by atoms with Crippen molar-refractivity contribution in [3.05, 3.63) is 60.2 Å². The zero-order valence-electron chi connectivity index (χ0n) is 15.2. The number of nitrogens with zero attached hydrogens (tertiary/aromatic N) is 3. The molecule has 140 valence electrons. The van der Waals surface area contributed by atoms with E-state index in [-0.39, 0.29) is 11.6 Å². The summed E-state index contributed by atoms with van der Waals surface area (Å²) in [7, 11) is 1.57. The van der Waals surface area contributed by atoms with Gasteiger partial charge in [-0.15, -0.1) is 0 Å². The summed E-state index contributed by atoms with van der Waals surface area (Å²) in [6.07, 6.45) is 3.60. The van der Waals surface area contributed by atoms with Gasteiger partial charge in [-0.2, -0.15) is 8.78 Å². The molecule has 0 aliphatic heterocycles. The SMILES string of the molecule is CCc1ccc(OC)c(-c2cccnc2Oc2ccc(C(C)(F)F)nc2)n1. The van der Waals surface area contributed by atoms with Gasteiger partial charge >= 0.3 is 0 Å². The number of alkyl halides is 2. The van der Waals surface area contributed by atoms with Gasteiger partial charge in [-0.1, -0.05) is 6.92 Å². The van der Waals surface area contributed by atoms with Gasteiger partial charge in [0.05, 0.1) is 18.9 Å². The van der Waals surface area contributed by atoms with Gasteiger partial charge in [-0.3, -0.25) is 4.98 Å². The number of methoxy groups -OCH3 is 1. The topological polar surface area (TPSA) is 57.1 Å². The van der Waals surface area contributed by atoms with Crippen molar-refractivity contribution in [2.45, 2.75) is 26.2 Å². The van der Waals surface area contributed by atoms with E-state index in [2.05, 4.69) is 15.0 Å². The molecule has 0 N–H and O–H groups in total. The summed E-state index contributed by atoms with van der Waals surface area (Å²) in [6.45, 7) is 2.81. The third-order valence-corrected chi connectivity index (χ3v) is 3.92. The molecule has 0 saturated carbocycles. The van der Waals surface area contributed by atoms with Crippen molar-refractivity contribution in [2.24, 2.45) is 0 Å². The van der Waals surface area contributed by atoms with Gasteiger partial charge in [0.2, 0.25) is 5.88 Å². The molecule has 7 heteroatoms. The lowest BCUT2D eigenvalue weighted by Crippen LogP contribution is -2.09. The van der Waals surface area contributed by atoms with E-state index in [1.807, 2.05) is 25.1 Å². The second-order valence-corrected chi connectivity index (χ2v) is 5.93. The largest absolute Gasteiger partial charge is 0.494 e. The van der Waals surface area contributed by atoms with Gasteiger partial charge in [0.15, 0.2) is 0 Å². The van der Waals surface area contributed by atoms with Crippen LogP contribution in [0.15, 0.2) is 48.8 Å². The molecule has 0 unspecified atom stereocenters. The highest BCUT2D eigenvalue weighted by molar-refractivity contribution is 5.71. The first kappa shape index (κ1) is 18.7. The van der Waals surface area contributed by atoms with Crippen LogP contribution in [0.25, 0.3) is 11.3 Å². The first-order valence-electron chi connectivity index (χ1n) is 8.44. The van der Waals surface area contributed by atoms with Gasteiger partial charge in [-0.05, 0) is 42.8 Å². The Morgan fingerprint density at radius 3 is 2.52 bits per heavy atom. The van der Waals surface area contributed by atoms with Crippen LogP contribution in [0, 0.1) is 0 Å². The van der Waals surface area contributed by atoms with Crippen LogP contribution in [0.3, 0.4) is 0 Å². The molecule has 3 rings (SSSR count). The summed E-state index contributed by atoms with van der Waals surface area (Å²) >= 11 is 0. The van der Waals surface area contributed by atoms with Gasteiger partial charge in [0.25, 0.3) is 5.92 Å². The van der Waals surface area contributed by atoms with Gasteiger partial charge < -0.3 is 9.47 Å². The van der Waals surface area contributed by atoms with Crippen molar-refractivity contribution in [2.75, 3.05) is 7.11 Å². The number of pyridine rings is 3. The Kier molecular flexibility index (Phi) is 5.30. The average molecular weight is 371 g/mol. The Labute approximate surface area is 156 Å². The number of halogens is 2. The van der Waals surface area contributed by atoms with E-state index in [0.717, 1.165) is 19.0 Å². The Balaban J connectivity index is 1.98. The van der Waals surface area contributed by atoms with Crippen molar-refractivity contribution >= 4 is 0 Å². The van der Waals surface area contributed by atoms with E-state index in [4.69, 9.17) is 9.47 Å². The molecule has 0 fully saturated rings. The fourth-order valence-electron chi connectivity index (χ4n) is 2.51. The van der Waals surface area contributed by atoms with Gasteiger partial charge in [0, 0.05) is 18.8 Å². The van der Waals surface area contributed by atoms with E-state index in [1.54, 1.807) is 19.4 Å². The smallest absolute Gasteiger partial charge is 0.286 e. The molecule has 0 atom stereocenters. The van der Waals surface area contributed by atoms with Crippen LogP contribution in [-0.4, -0.2) is 22.1 Å². The number of aryl methyl sites for hydroxylation is 1. The average Bonchev–Trinajstić information content (AvgIpc) is 2.67. The van der Waals surface area contributed by atoms with Crippen molar-refractivity contribution in [1.29, 1.82) is 0 Å². The standard InChI is InChI=1S/C20H19F2N3O2/c1-4-13-7-9-16(26-3)18(25-13)15-6-5-11-23-19(15)27-14-8-10-17(24-12-14)20(2,21)22/h5-12H,4H2,1-3H3. The molecule has 0 spiro atoms. The maximum atomic E-state index is 13.3. The van der Waals surface area contributed by atoms with Crippen LogP contribution in [0.4, 0.5) is 8.78 Å². The Hall–Kier alpha value is -3.09. The van der Waals surface area contributed by atoms with Crippen LogP contribution in [0.1, 0.15) is 25.2 Å². The maximum absolute atomic E-state index is 13.3. The fourth-order valence-corrected chi connectivity index (χ4v) is 2.51. The van der Waals surface area contributed by atoms with E-state index in [9.17, 15) is 8.78 Å². The molecule has 5 nitrogen and oxygen atoms in total. The monoisotopic (exact) mass is 371 g/mol. The van der Waals surface area contributed by atoms with Crippen LogP contribution in [-0.2, 0) is 12.3 Å². The molecule has 3 heterocycles. The molecule has 27 heavy (non-hydrogen) atoms. The number of ether oxygens (including phenoxy) is 2. The predicted molar refractivity (Wildman–Crippen MR) is 97.3 cm³/mol. The normalized spacial score (nSPS) is 11.3. The summed E-state index contributed by atoms with van der Waals surface area (Å²) in [4.78, 5) is 12.6. The maximum Gasteiger partial charge on any atom is 0.286 e. The minimum absolute atomic E-state index is 0.286. The van der Waals surface area contributed by atoms with E-state index in [1.165, 1.54) is 18.3 Å². The summed E-state index contributed by atoms with van der Waals surface area (Å²) in [5.74, 6) is -1.83. The molecule has 3 aromatic rings. The number of hydrogen-bond acceptors (Lipinski definition) is 5. The lowest BCUT2D eigenvalue weighted by Gasteiger charge is -2.14. The Bertz CT molecular complexity index is 925. The first-order valence-corrected chi connectivity index (χ1v) is 8.44. The summed E-state index contributed by atoms with van der Waals surface area (Å²) in [5.41, 5.74) is 1.81. The van der Waals surface area contributed by atoms with E-state index in [0.29, 0.717) is 22.8 Å². The lowest BCUT2D eigenvalue weighted by molar-refractivity contribution is 0.0127. The summed E-state index contributed by atoms with van der Waals surface area (Å²) in [6, 6.07) is 9.99. The molecule has 0 aliphatic carbocycles. The van der Waals surface area contributed by atoms with Gasteiger partial charge in [0.1, 0.15) is 22.9 Å². The Morgan fingerprint density at radius 2 is 1.89 bits per heavy atom. The first-order chi connectivity index (χ1) is 12.9. The quantitative estimate of drug-likeness (QED) is 0.609. The minimum Gasteiger partial charge on any atom is -0.494 e. The zero-order chi connectivity index (χ0) is 19.4. The van der Waals surface area contributed by atoms with Crippen molar-refractivity contribution < 1.29 is 18.3 Å². The van der Waals surface area contributed by atoms with Crippen LogP contribution < -0.4 is 9.47 Å². The number of hydrogen-bond donors (Lipinski definition) is 0.